The molecule has 0 spiro atoms. The monoisotopic (exact) mass is 637 g/mol. The first-order valence-corrected chi connectivity index (χ1v) is 13.7. The van der Waals surface area contributed by atoms with E-state index in [2.05, 4.69) is 33.1 Å². The molecule has 3 heterocycles. The van der Waals surface area contributed by atoms with E-state index < -0.39 is 5.41 Å². The fourth-order valence-electron chi connectivity index (χ4n) is 4.93. The SMILES string of the molecule is CCCN1C(=O)C(C)(C)C(=O)N(C)c2cc(OCCCN(CCc3cccnc3)Cc3ccncc3)ccc21.Cl.Cl.Cl. The summed E-state index contributed by atoms with van der Waals surface area (Å²) >= 11 is 0. The molecule has 0 aliphatic carbocycles. The normalized spacial score (nSPS) is 13.8. The second-order valence-electron chi connectivity index (χ2n) is 10.5. The number of carbonyl (C=O) groups excluding carboxylic acids is 2. The minimum atomic E-state index is -1.13. The van der Waals surface area contributed by atoms with E-state index in [1.54, 1.807) is 36.9 Å². The fourth-order valence-corrected chi connectivity index (χ4v) is 4.93. The van der Waals surface area contributed by atoms with Crippen molar-refractivity contribution in [3.63, 3.8) is 0 Å². The molecule has 2 aromatic heterocycles. The number of rotatable bonds is 12. The molecule has 0 unspecified atom stereocenters. The maximum Gasteiger partial charge on any atom is 0.242 e. The van der Waals surface area contributed by atoms with E-state index in [0.717, 1.165) is 44.6 Å². The molecule has 1 aliphatic heterocycles. The van der Waals surface area contributed by atoms with Gasteiger partial charge in [0, 0.05) is 64.1 Å². The van der Waals surface area contributed by atoms with E-state index in [1.165, 1.54) is 11.1 Å². The highest BCUT2D eigenvalue weighted by Gasteiger charge is 2.45. The van der Waals surface area contributed by atoms with E-state index in [-0.39, 0.29) is 49.0 Å². The minimum Gasteiger partial charge on any atom is -0.493 e. The number of halogens is 3. The number of fused-ring (bicyclic) bond motifs is 1. The Morgan fingerprint density at radius 1 is 0.881 bits per heavy atom. The number of carbonyl (C=O) groups is 2. The molecule has 0 atom stereocenters. The summed E-state index contributed by atoms with van der Waals surface area (Å²) in [5.41, 5.74) is 2.76. The van der Waals surface area contributed by atoms with Crippen LogP contribution in [0.5, 0.6) is 5.75 Å². The van der Waals surface area contributed by atoms with Crippen LogP contribution in [0.3, 0.4) is 0 Å². The minimum absolute atomic E-state index is 0. The van der Waals surface area contributed by atoms with Crippen molar-refractivity contribution in [3.05, 3.63) is 78.4 Å². The lowest BCUT2D eigenvalue weighted by atomic mass is 9.90. The summed E-state index contributed by atoms with van der Waals surface area (Å²) in [5, 5.41) is 0. The predicted molar refractivity (Wildman–Crippen MR) is 176 cm³/mol. The zero-order valence-electron chi connectivity index (χ0n) is 24.7. The molecule has 42 heavy (non-hydrogen) atoms. The Balaban J connectivity index is 0.00000294. The third-order valence-electron chi connectivity index (χ3n) is 7.15. The molecule has 1 aliphatic rings. The number of nitrogens with zero attached hydrogens (tertiary/aromatic N) is 5. The standard InChI is InChI=1S/C31H39N5O3.3ClH/c1-5-17-36-27-10-9-26(21-28(27)34(4)29(37)31(2,3)30(36)38)39-20-7-18-35(23-25-11-15-32-16-12-25)19-13-24-8-6-14-33-22-24;;;/h6,8-12,14-16,21-22H,5,7,13,17-20,23H2,1-4H3;3*1H. The van der Waals surface area contributed by atoms with Crippen molar-refractivity contribution in [2.75, 3.05) is 43.1 Å². The lowest BCUT2D eigenvalue weighted by Crippen LogP contribution is -2.47. The maximum absolute atomic E-state index is 13.2. The molecule has 1 aromatic carbocycles. The van der Waals surface area contributed by atoms with Crippen LogP contribution in [0, 0.1) is 5.41 Å². The molecule has 0 bridgehead atoms. The second kappa shape index (κ2) is 17.3. The average Bonchev–Trinajstić information content (AvgIpc) is 3.00. The van der Waals surface area contributed by atoms with Crippen LogP contribution in [0.15, 0.2) is 67.3 Å². The molecule has 4 rings (SSSR count). The van der Waals surface area contributed by atoms with Gasteiger partial charge in [0.05, 0.1) is 18.0 Å². The predicted octanol–water partition coefficient (Wildman–Crippen LogP) is 6.00. The van der Waals surface area contributed by atoms with Crippen LogP contribution in [0.2, 0.25) is 0 Å². The van der Waals surface area contributed by atoms with Gasteiger partial charge in [-0.2, -0.15) is 0 Å². The zero-order valence-corrected chi connectivity index (χ0v) is 27.1. The van der Waals surface area contributed by atoms with Gasteiger partial charge in [0.2, 0.25) is 11.8 Å². The Kier molecular flexibility index (Phi) is 15.3. The van der Waals surface area contributed by atoms with Crippen molar-refractivity contribution in [2.45, 2.75) is 46.6 Å². The summed E-state index contributed by atoms with van der Waals surface area (Å²) in [4.78, 5) is 40.5. The number of pyridine rings is 2. The smallest absolute Gasteiger partial charge is 0.242 e. The quantitative estimate of drug-likeness (QED) is 0.179. The molecule has 2 amide bonds. The van der Waals surface area contributed by atoms with Crippen LogP contribution in [-0.4, -0.2) is 60.0 Å². The Hall–Kier alpha value is -2.91. The van der Waals surface area contributed by atoms with E-state index in [0.29, 0.717) is 24.6 Å². The topological polar surface area (TPSA) is 78.9 Å². The summed E-state index contributed by atoms with van der Waals surface area (Å²) in [7, 11) is 1.73. The van der Waals surface area contributed by atoms with Crippen LogP contribution in [0.4, 0.5) is 11.4 Å². The third-order valence-corrected chi connectivity index (χ3v) is 7.15. The highest BCUT2D eigenvalue weighted by Crippen LogP contribution is 2.40. The molecule has 230 valence electrons. The first kappa shape index (κ1) is 37.1. The van der Waals surface area contributed by atoms with Gasteiger partial charge < -0.3 is 14.5 Å². The molecule has 3 aromatic rings. The van der Waals surface area contributed by atoms with Crippen LogP contribution >= 0.6 is 37.2 Å². The summed E-state index contributed by atoms with van der Waals surface area (Å²) in [6, 6.07) is 13.8. The molecule has 11 heteroatoms. The van der Waals surface area contributed by atoms with Gasteiger partial charge >= 0.3 is 0 Å². The van der Waals surface area contributed by atoms with Crippen molar-refractivity contribution >= 4 is 60.4 Å². The van der Waals surface area contributed by atoms with Crippen molar-refractivity contribution < 1.29 is 14.3 Å². The van der Waals surface area contributed by atoms with Gasteiger partial charge in [-0.3, -0.25) is 24.5 Å². The van der Waals surface area contributed by atoms with Crippen molar-refractivity contribution in [1.29, 1.82) is 0 Å². The molecule has 0 saturated heterocycles. The maximum atomic E-state index is 13.2. The Bertz CT molecular complexity index is 1270. The Morgan fingerprint density at radius 3 is 2.29 bits per heavy atom. The summed E-state index contributed by atoms with van der Waals surface area (Å²) in [6.45, 7) is 9.16. The van der Waals surface area contributed by atoms with Crippen molar-refractivity contribution in [3.8, 4) is 5.75 Å². The lowest BCUT2D eigenvalue weighted by molar-refractivity contribution is -0.137. The number of ether oxygens (including phenoxy) is 1. The first-order valence-electron chi connectivity index (χ1n) is 13.7. The van der Waals surface area contributed by atoms with E-state index in [4.69, 9.17) is 4.74 Å². The van der Waals surface area contributed by atoms with Crippen molar-refractivity contribution in [2.24, 2.45) is 5.41 Å². The fraction of sp³-hybridized carbons (Fsp3) is 0.419. The van der Waals surface area contributed by atoms with Crippen LogP contribution in [0.1, 0.15) is 44.7 Å². The van der Waals surface area contributed by atoms with E-state index >= 15 is 0 Å². The molecular formula is C31H42Cl3N5O3. The number of hydrogen-bond donors (Lipinski definition) is 0. The van der Waals surface area contributed by atoms with Gasteiger partial charge in [-0.05, 0) is 74.6 Å². The van der Waals surface area contributed by atoms with E-state index in [1.807, 2.05) is 49.8 Å². The molecule has 0 fully saturated rings. The Morgan fingerprint density at radius 2 is 1.62 bits per heavy atom. The van der Waals surface area contributed by atoms with Gasteiger partial charge in [0.15, 0.2) is 0 Å². The summed E-state index contributed by atoms with van der Waals surface area (Å²) in [5.74, 6) is 0.298. The number of amides is 2. The first-order chi connectivity index (χ1) is 18.8. The third kappa shape index (κ3) is 9.04. The van der Waals surface area contributed by atoms with Crippen molar-refractivity contribution in [1.82, 2.24) is 14.9 Å². The van der Waals surface area contributed by atoms with Gasteiger partial charge in [0.25, 0.3) is 0 Å². The number of anilines is 2. The van der Waals surface area contributed by atoms with Gasteiger partial charge in [0.1, 0.15) is 11.2 Å². The highest BCUT2D eigenvalue weighted by atomic mass is 35.5. The van der Waals surface area contributed by atoms with E-state index in [9.17, 15) is 9.59 Å². The van der Waals surface area contributed by atoms with Gasteiger partial charge in [-0.15, -0.1) is 37.2 Å². The molecule has 0 saturated carbocycles. The lowest BCUT2D eigenvalue weighted by Gasteiger charge is -2.27. The summed E-state index contributed by atoms with van der Waals surface area (Å²) < 4.78 is 6.15. The number of aromatic nitrogens is 2. The largest absolute Gasteiger partial charge is 0.493 e. The average molecular weight is 639 g/mol. The zero-order chi connectivity index (χ0) is 27.8. The highest BCUT2D eigenvalue weighted by molar-refractivity contribution is 6.20. The molecular weight excluding hydrogens is 597 g/mol. The van der Waals surface area contributed by atoms with Crippen LogP contribution < -0.4 is 14.5 Å². The van der Waals surface area contributed by atoms with Gasteiger partial charge in [-0.1, -0.05) is 13.0 Å². The number of hydrogen-bond acceptors (Lipinski definition) is 6. The van der Waals surface area contributed by atoms with Gasteiger partial charge in [-0.25, -0.2) is 0 Å². The summed E-state index contributed by atoms with van der Waals surface area (Å²) in [6.07, 6.45) is 9.94. The molecule has 8 nitrogen and oxygen atoms in total. The van der Waals surface area contributed by atoms with Crippen LogP contribution in [-0.2, 0) is 22.6 Å². The Labute approximate surface area is 268 Å². The van der Waals surface area contributed by atoms with Crippen LogP contribution in [0.25, 0.3) is 0 Å². The second-order valence-corrected chi connectivity index (χ2v) is 10.5. The molecule has 0 N–H and O–H groups in total. The molecule has 0 radical (unpaired) electrons. The number of benzene rings is 1.